The van der Waals surface area contributed by atoms with Crippen LogP contribution in [0, 0.1) is 0 Å². The predicted octanol–water partition coefficient (Wildman–Crippen LogP) is 2.45. The lowest BCUT2D eigenvalue weighted by Crippen LogP contribution is -2.41. The molecule has 6 nitrogen and oxygen atoms in total. The molecule has 1 aromatic heterocycles. The Morgan fingerprint density at radius 1 is 1.24 bits per heavy atom. The van der Waals surface area contributed by atoms with E-state index in [-0.39, 0.29) is 13.2 Å². The van der Waals surface area contributed by atoms with Gasteiger partial charge < -0.3 is 14.5 Å². The van der Waals surface area contributed by atoms with E-state index in [1.54, 1.807) is 30.3 Å². The van der Waals surface area contributed by atoms with E-state index < -0.39 is 11.9 Å². The zero-order chi connectivity index (χ0) is 15.1. The highest BCUT2D eigenvalue weighted by atomic mass is 79.9. The molecule has 0 saturated heterocycles. The summed E-state index contributed by atoms with van der Waals surface area (Å²) in [4.78, 5) is 23.0. The van der Waals surface area contributed by atoms with E-state index in [4.69, 9.17) is 9.15 Å². The average Bonchev–Trinajstić information content (AvgIpc) is 2.96. The van der Waals surface area contributed by atoms with Crippen molar-refractivity contribution in [2.24, 2.45) is 0 Å². The van der Waals surface area contributed by atoms with Crippen molar-refractivity contribution in [1.29, 1.82) is 0 Å². The first-order valence-electron chi connectivity index (χ1n) is 6.12. The maximum Gasteiger partial charge on any atom is 0.321 e. The lowest BCUT2D eigenvalue weighted by atomic mass is 10.3. The van der Waals surface area contributed by atoms with E-state index in [2.05, 4.69) is 26.6 Å². The fraction of sp³-hybridized carbons (Fsp3) is 0.143. The summed E-state index contributed by atoms with van der Waals surface area (Å²) in [5.74, 6) is 0.602. The molecule has 7 heteroatoms. The summed E-state index contributed by atoms with van der Waals surface area (Å²) in [6.45, 7) is -0.0385. The molecule has 0 atom stereocenters. The van der Waals surface area contributed by atoms with Crippen molar-refractivity contribution >= 4 is 27.9 Å². The molecule has 0 aliphatic carbocycles. The van der Waals surface area contributed by atoms with Crippen LogP contribution in [0.15, 0.2) is 51.6 Å². The van der Waals surface area contributed by atoms with Gasteiger partial charge in [-0.1, -0.05) is 22.0 Å². The van der Waals surface area contributed by atoms with Gasteiger partial charge in [0.25, 0.3) is 5.91 Å². The third kappa shape index (κ3) is 5.31. The number of furan rings is 1. The second-order valence-electron chi connectivity index (χ2n) is 4.06. The molecule has 0 aliphatic heterocycles. The van der Waals surface area contributed by atoms with E-state index >= 15 is 0 Å². The molecule has 21 heavy (non-hydrogen) atoms. The summed E-state index contributed by atoms with van der Waals surface area (Å²) in [5.41, 5.74) is 0. The number of imide groups is 1. The molecule has 0 saturated carbocycles. The summed E-state index contributed by atoms with van der Waals surface area (Å²) in [5, 5.41) is 4.66. The molecule has 0 bridgehead atoms. The SMILES string of the molecule is O=C(COc1cccc(Br)c1)NC(=O)NCc1ccco1. The highest BCUT2D eigenvalue weighted by Crippen LogP contribution is 2.17. The van der Waals surface area contributed by atoms with Crippen molar-refractivity contribution in [1.82, 2.24) is 10.6 Å². The minimum absolute atomic E-state index is 0.207. The van der Waals surface area contributed by atoms with Crippen molar-refractivity contribution < 1.29 is 18.7 Å². The number of amides is 3. The Labute approximate surface area is 129 Å². The fourth-order valence-corrected chi connectivity index (χ4v) is 1.87. The first-order chi connectivity index (χ1) is 10.1. The van der Waals surface area contributed by atoms with Crippen molar-refractivity contribution in [2.45, 2.75) is 6.54 Å². The van der Waals surface area contributed by atoms with Crippen LogP contribution >= 0.6 is 15.9 Å². The van der Waals surface area contributed by atoms with Gasteiger partial charge >= 0.3 is 6.03 Å². The van der Waals surface area contributed by atoms with E-state index in [1.165, 1.54) is 6.26 Å². The first-order valence-corrected chi connectivity index (χ1v) is 6.91. The van der Waals surface area contributed by atoms with Crippen LogP contribution in [0.4, 0.5) is 4.79 Å². The van der Waals surface area contributed by atoms with Crippen LogP contribution in [0.1, 0.15) is 5.76 Å². The molecule has 0 aliphatic rings. The van der Waals surface area contributed by atoms with Crippen molar-refractivity contribution in [3.05, 3.63) is 52.9 Å². The minimum Gasteiger partial charge on any atom is -0.484 e. The van der Waals surface area contributed by atoms with Gasteiger partial charge in [-0.15, -0.1) is 0 Å². The number of carbonyl (C=O) groups is 2. The van der Waals surface area contributed by atoms with Crippen molar-refractivity contribution in [3.8, 4) is 5.75 Å². The highest BCUT2D eigenvalue weighted by Gasteiger charge is 2.08. The Morgan fingerprint density at radius 3 is 2.81 bits per heavy atom. The number of carbonyl (C=O) groups excluding carboxylic acids is 2. The van der Waals surface area contributed by atoms with Crippen LogP contribution in [-0.4, -0.2) is 18.5 Å². The van der Waals surface area contributed by atoms with Gasteiger partial charge in [0.05, 0.1) is 12.8 Å². The second kappa shape index (κ2) is 7.49. The normalized spacial score (nSPS) is 9.95. The van der Waals surface area contributed by atoms with Crippen LogP contribution in [-0.2, 0) is 11.3 Å². The third-order valence-electron chi connectivity index (χ3n) is 2.42. The largest absolute Gasteiger partial charge is 0.484 e. The zero-order valence-corrected chi connectivity index (χ0v) is 12.6. The van der Waals surface area contributed by atoms with Crippen molar-refractivity contribution in [3.63, 3.8) is 0 Å². The number of urea groups is 1. The first kappa shape index (κ1) is 15.1. The molecule has 2 aromatic rings. The molecule has 0 spiro atoms. The summed E-state index contributed by atoms with van der Waals surface area (Å²) in [6, 6.07) is 9.90. The number of halogens is 1. The summed E-state index contributed by atoms with van der Waals surface area (Å²) in [6.07, 6.45) is 1.51. The Kier molecular flexibility index (Phi) is 5.39. The maximum absolute atomic E-state index is 11.5. The standard InChI is InChI=1S/C14H13BrN2O4/c15-10-3-1-4-11(7-10)21-9-13(18)17-14(19)16-8-12-5-2-6-20-12/h1-7H,8-9H2,(H2,16,17,18,19). The Bertz CT molecular complexity index is 613. The molecular formula is C14H13BrN2O4. The van der Waals surface area contributed by atoms with Crippen LogP contribution in [0.5, 0.6) is 5.75 Å². The van der Waals surface area contributed by atoms with Gasteiger partial charge in [-0.3, -0.25) is 10.1 Å². The Balaban J connectivity index is 1.70. The predicted molar refractivity (Wildman–Crippen MR) is 78.7 cm³/mol. The van der Waals surface area contributed by atoms with E-state index in [1.807, 2.05) is 6.07 Å². The van der Waals surface area contributed by atoms with Gasteiger partial charge in [0.2, 0.25) is 0 Å². The number of ether oxygens (including phenoxy) is 1. The Hall–Kier alpha value is -2.28. The Morgan fingerprint density at radius 2 is 2.10 bits per heavy atom. The van der Waals surface area contributed by atoms with Crippen molar-refractivity contribution in [2.75, 3.05) is 6.61 Å². The van der Waals surface area contributed by atoms with Gasteiger partial charge in [-0.2, -0.15) is 0 Å². The zero-order valence-electron chi connectivity index (χ0n) is 11.0. The summed E-state index contributed by atoms with van der Waals surface area (Å²) in [7, 11) is 0. The molecule has 0 fully saturated rings. The molecule has 1 heterocycles. The fourth-order valence-electron chi connectivity index (χ4n) is 1.49. The molecule has 110 valence electrons. The molecule has 0 radical (unpaired) electrons. The number of rotatable bonds is 5. The molecule has 3 amide bonds. The third-order valence-corrected chi connectivity index (χ3v) is 2.92. The monoisotopic (exact) mass is 352 g/mol. The summed E-state index contributed by atoms with van der Waals surface area (Å²) >= 11 is 3.30. The van der Waals surface area contributed by atoms with E-state index in [0.717, 1.165) is 4.47 Å². The smallest absolute Gasteiger partial charge is 0.321 e. The number of hydrogen-bond acceptors (Lipinski definition) is 4. The van der Waals surface area contributed by atoms with Gasteiger partial charge in [0.1, 0.15) is 11.5 Å². The number of nitrogens with one attached hydrogen (secondary N) is 2. The molecule has 0 unspecified atom stereocenters. The molecule has 1 aromatic carbocycles. The molecule has 2 rings (SSSR count). The lowest BCUT2D eigenvalue weighted by Gasteiger charge is -2.07. The average molecular weight is 353 g/mol. The molecule has 2 N–H and O–H groups in total. The maximum atomic E-state index is 11.5. The van der Waals surface area contributed by atoms with E-state index in [9.17, 15) is 9.59 Å². The van der Waals surface area contributed by atoms with Crippen LogP contribution in [0.3, 0.4) is 0 Å². The van der Waals surface area contributed by atoms with Crippen LogP contribution in [0.2, 0.25) is 0 Å². The van der Waals surface area contributed by atoms with Gasteiger partial charge in [-0.05, 0) is 30.3 Å². The quantitative estimate of drug-likeness (QED) is 0.865. The second-order valence-corrected chi connectivity index (χ2v) is 4.97. The highest BCUT2D eigenvalue weighted by molar-refractivity contribution is 9.10. The topological polar surface area (TPSA) is 80.6 Å². The van der Waals surface area contributed by atoms with E-state index in [0.29, 0.717) is 11.5 Å². The number of benzene rings is 1. The number of hydrogen-bond donors (Lipinski definition) is 2. The van der Waals surface area contributed by atoms with Crippen LogP contribution in [0.25, 0.3) is 0 Å². The van der Waals surface area contributed by atoms with Crippen LogP contribution < -0.4 is 15.4 Å². The minimum atomic E-state index is -0.603. The van der Waals surface area contributed by atoms with Gasteiger partial charge in [-0.25, -0.2) is 4.79 Å². The molecular weight excluding hydrogens is 340 g/mol. The summed E-state index contributed by atoms with van der Waals surface area (Å²) < 4.78 is 11.2. The van der Waals surface area contributed by atoms with Gasteiger partial charge in [0.15, 0.2) is 6.61 Å². The lowest BCUT2D eigenvalue weighted by molar-refractivity contribution is -0.122. The van der Waals surface area contributed by atoms with Gasteiger partial charge in [0, 0.05) is 4.47 Å².